The van der Waals surface area contributed by atoms with Crippen molar-refractivity contribution in [1.29, 1.82) is 0 Å². The maximum absolute atomic E-state index is 13.8. The van der Waals surface area contributed by atoms with E-state index in [0.717, 1.165) is 22.2 Å². The Bertz CT molecular complexity index is 783. The summed E-state index contributed by atoms with van der Waals surface area (Å²) < 4.78 is 27.1. The summed E-state index contributed by atoms with van der Waals surface area (Å²) in [6.45, 7) is 0.449. The molecule has 2 N–H and O–H groups in total. The molecule has 3 rings (SSSR count). The third-order valence-corrected chi connectivity index (χ3v) is 4.03. The zero-order valence-corrected chi connectivity index (χ0v) is 11.8. The molecule has 106 valence electrons. The second kappa shape index (κ2) is 5.71. The molecule has 0 amide bonds. The Balaban J connectivity index is 2.01. The van der Waals surface area contributed by atoms with Crippen LogP contribution in [0.1, 0.15) is 5.56 Å². The van der Waals surface area contributed by atoms with Crippen LogP contribution in [0.3, 0.4) is 0 Å². The highest BCUT2D eigenvalue weighted by Crippen LogP contribution is 2.31. The number of thiazole rings is 1. The SMILES string of the molecule is NCc1cccc(-c2nc(-c3cccc(F)c3F)cs2)c1. The fourth-order valence-corrected chi connectivity index (χ4v) is 2.88. The van der Waals surface area contributed by atoms with Crippen LogP contribution in [0, 0.1) is 11.6 Å². The molecule has 2 nitrogen and oxygen atoms in total. The molecule has 0 radical (unpaired) electrons. The van der Waals surface area contributed by atoms with E-state index >= 15 is 0 Å². The lowest BCUT2D eigenvalue weighted by Crippen LogP contribution is -1.95. The Morgan fingerprint density at radius 1 is 1.10 bits per heavy atom. The molecule has 0 aliphatic heterocycles. The van der Waals surface area contributed by atoms with Gasteiger partial charge in [0.25, 0.3) is 0 Å². The highest BCUT2D eigenvalue weighted by molar-refractivity contribution is 7.13. The molecular weight excluding hydrogens is 290 g/mol. The Kier molecular flexibility index (Phi) is 3.77. The van der Waals surface area contributed by atoms with Gasteiger partial charge in [-0.25, -0.2) is 13.8 Å². The summed E-state index contributed by atoms with van der Waals surface area (Å²) in [6.07, 6.45) is 0. The van der Waals surface area contributed by atoms with Crippen LogP contribution in [-0.4, -0.2) is 4.98 Å². The van der Waals surface area contributed by atoms with Crippen LogP contribution in [0.25, 0.3) is 21.8 Å². The van der Waals surface area contributed by atoms with Gasteiger partial charge in [-0.1, -0.05) is 24.3 Å². The number of nitrogens with two attached hydrogens (primary N) is 1. The Morgan fingerprint density at radius 3 is 2.71 bits per heavy atom. The zero-order valence-electron chi connectivity index (χ0n) is 11.0. The first kappa shape index (κ1) is 13.9. The number of rotatable bonds is 3. The molecule has 3 aromatic rings. The molecule has 0 unspecified atom stereocenters. The van der Waals surface area contributed by atoms with E-state index in [0.29, 0.717) is 12.2 Å². The Morgan fingerprint density at radius 2 is 1.90 bits per heavy atom. The number of nitrogens with zero attached hydrogens (tertiary/aromatic N) is 1. The monoisotopic (exact) mass is 302 g/mol. The number of benzene rings is 2. The van der Waals surface area contributed by atoms with Gasteiger partial charge < -0.3 is 5.73 Å². The summed E-state index contributed by atoms with van der Waals surface area (Å²) in [7, 11) is 0. The first-order valence-corrected chi connectivity index (χ1v) is 7.26. The summed E-state index contributed by atoms with van der Waals surface area (Å²) in [4.78, 5) is 4.40. The van der Waals surface area contributed by atoms with Gasteiger partial charge in [0.15, 0.2) is 11.6 Å². The summed E-state index contributed by atoms with van der Waals surface area (Å²) in [5.41, 5.74) is 8.15. The minimum absolute atomic E-state index is 0.174. The summed E-state index contributed by atoms with van der Waals surface area (Å²) in [5.74, 6) is -1.74. The highest BCUT2D eigenvalue weighted by Gasteiger charge is 2.13. The van der Waals surface area contributed by atoms with E-state index in [1.165, 1.54) is 23.5 Å². The summed E-state index contributed by atoms with van der Waals surface area (Å²) in [5, 5.41) is 2.48. The van der Waals surface area contributed by atoms with Gasteiger partial charge in [-0.15, -0.1) is 11.3 Å². The number of halogens is 2. The minimum atomic E-state index is -0.870. The molecule has 0 atom stereocenters. The fourth-order valence-electron chi connectivity index (χ4n) is 2.06. The summed E-state index contributed by atoms with van der Waals surface area (Å²) >= 11 is 1.39. The molecule has 0 spiro atoms. The predicted octanol–water partition coefficient (Wildman–Crippen LogP) is 4.21. The average molecular weight is 302 g/mol. The highest BCUT2D eigenvalue weighted by atomic mass is 32.1. The molecule has 5 heteroatoms. The van der Waals surface area contributed by atoms with Gasteiger partial charge in [0.2, 0.25) is 0 Å². The molecule has 0 aliphatic carbocycles. The molecule has 0 aliphatic rings. The first-order valence-electron chi connectivity index (χ1n) is 6.38. The van der Waals surface area contributed by atoms with Gasteiger partial charge in [-0.2, -0.15) is 0 Å². The van der Waals surface area contributed by atoms with Crippen LogP contribution in [0.15, 0.2) is 47.8 Å². The van der Waals surface area contributed by atoms with Crippen LogP contribution in [0.4, 0.5) is 8.78 Å². The molecule has 0 fully saturated rings. The number of hydrogen-bond donors (Lipinski definition) is 1. The van der Waals surface area contributed by atoms with Crippen molar-refractivity contribution < 1.29 is 8.78 Å². The lowest BCUT2D eigenvalue weighted by Gasteiger charge is -2.01. The average Bonchev–Trinajstić information content (AvgIpc) is 3.00. The number of aromatic nitrogens is 1. The maximum atomic E-state index is 13.8. The van der Waals surface area contributed by atoms with Crippen molar-refractivity contribution in [3.8, 4) is 21.8 Å². The van der Waals surface area contributed by atoms with E-state index < -0.39 is 11.6 Å². The third-order valence-electron chi connectivity index (χ3n) is 3.14. The summed E-state index contributed by atoms with van der Waals surface area (Å²) in [6, 6.07) is 11.8. The lowest BCUT2D eigenvalue weighted by molar-refractivity contribution is 0.511. The van der Waals surface area contributed by atoms with E-state index in [1.807, 2.05) is 24.3 Å². The van der Waals surface area contributed by atoms with E-state index in [-0.39, 0.29) is 5.56 Å². The van der Waals surface area contributed by atoms with Crippen LogP contribution >= 0.6 is 11.3 Å². The molecule has 0 saturated heterocycles. The maximum Gasteiger partial charge on any atom is 0.168 e. The van der Waals surface area contributed by atoms with E-state index in [4.69, 9.17) is 5.73 Å². The Hall–Kier alpha value is -2.11. The van der Waals surface area contributed by atoms with Crippen molar-refractivity contribution in [2.75, 3.05) is 0 Å². The number of hydrogen-bond acceptors (Lipinski definition) is 3. The van der Waals surface area contributed by atoms with Crippen LogP contribution < -0.4 is 5.73 Å². The van der Waals surface area contributed by atoms with Gasteiger partial charge in [0.05, 0.1) is 5.69 Å². The quantitative estimate of drug-likeness (QED) is 0.787. The molecular formula is C16H12F2N2S. The lowest BCUT2D eigenvalue weighted by atomic mass is 10.1. The van der Waals surface area contributed by atoms with Crippen molar-refractivity contribution in [3.05, 3.63) is 65.0 Å². The predicted molar refractivity (Wildman–Crippen MR) is 80.8 cm³/mol. The second-order valence-electron chi connectivity index (χ2n) is 4.54. The molecule has 2 aromatic carbocycles. The molecule has 0 saturated carbocycles. The van der Waals surface area contributed by atoms with Crippen molar-refractivity contribution in [1.82, 2.24) is 4.98 Å². The van der Waals surface area contributed by atoms with Crippen LogP contribution in [-0.2, 0) is 6.54 Å². The minimum Gasteiger partial charge on any atom is -0.326 e. The normalized spacial score (nSPS) is 10.8. The van der Waals surface area contributed by atoms with Crippen LogP contribution in [0.2, 0.25) is 0 Å². The fraction of sp³-hybridized carbons (Fsp3) is 0.0625. The van der Waals surface area contributed by atoms with Gasteiger partial charge >= 0.3 is 0 Å². The van der Waals surface area contributed by atoms with Gasteiger partial charge in [0.1, 0.15) is 5.01 Å². The largest absolute Gasteiger partial charge is 0.326 e. The zero-order chi connectivity index (χ0) is 14.8. The topological polar surface area (TPSA) is 38.9 Å². The smallest absolute Gasteiger partial charge is 0.168 e. The van der Waals surface area contributed by atoms with E-state index in [9.17, 15) is 8.78 Å². The molecule has 1 aromatic heterocycles. The first-order chi connectivity index (χ1) is 10.2. The van der Waals surface area contributed by atoms with Crippen molar-refractivity contribution in [2.45, 2.75) is 6.54 Å². The van der Waals surface area contributed by atoms with E-state index in [2.05, 4.69) is 4.98 Å². The molecule has 0 bridgehead atoms. The Labute approximate surface area is 124 Å². The standard InChI is InChI=1S/C16H12F2N2S/c17-13-6-2-5-12(15(13)18)14-9-21-16(20-14)11-4-1-3-10(7-11)8-19/h1-7,9H,8,19H2. The van der Waals surface area contributed by atoms with Crippen molar-refractivity contribution in [3.63, 3.8) is 0 Å². The van der Waals surface area contributed by atoms with Crippen molar-refractivity contribution in [2.24, 2.45) is 5.73 Å². The van der Waals surface area contributed by atoms with E-state index in [1.54, 1.807) is 5.38 Å². The third kappa shape index (κ3) is 2.70. The van der Waals surface area contributed by atoms with Gasteiger partial charge in [-0.3, -0.25) is 0 Å². The van der Waals surface area contributed by atoms with Crippen molar-refractivity contribution >= 4 is 11.3 Å². The van der Waals surface area contributed by atoms with Gasteiger partial charge in [-0.05, 0) is 23.8 Å². The molecule has 1 heterocycles. The van der Waals surface area contributed by atoms with Gasteiger partial charge in [0, 0.05) is 23.1 Å². The molecule has 21 heavy (non-hydrogen) atoms. The van der Waals surface area contributed by atoms with Crippen LogP contribution in [0.5, 0.6) is 0 Å². The second-order valence-corrected chi connectivity index (χ2v) is 5.40.